The van der Waals surface area contributed by atoms with Crippen LogP contribution in [-0.2, 0) is 9.53 Å². The molecule has 0 heterocycles. The van der Waals surface area contributed by atoms with E-state index in [0.29, 0.717) is 0 Å². The van der Waals surface area contributed by atoms with Crippen molar-refractivity contribution in [2.75, 3.05) is 20.2 Å². The summed E-state index contributed by atoms with van der Waals surface area (Å²) in [5.41, 5.74) is 0. The Morgan fingerprint density at radius 2 is 1.93 bits per heavy atom. The maximum Gasteiger partial charge on any atom is 0.401 e. The topological polar surface area (TPSA) is 29.5 Å². The van der Waals surface area contributed by atoms with Gasteiger partial charge >= 0.3 is 12.1 Å². The van der Waals surface area contributed by atoms with Crippen molar-refractivity contribution >= 4 is 5.97 Å². The highest BCUT2D eigenvalue weighted by Gasteiger charge is 2.32. The van der Waals surface area contributed by atoms with Gasteiger partial charge in [0.2, 0.25) is 0 Å². The van der Waals surface area contributed by atoms with Gasteiger partial charge in [-0.3, -0.25) is 9.69 Å². The van der Waals surface area contributed by atoms with Crippen LogP contribution in [0.3, 0.4) is 0 Å². The summed E-state index contributed by atoms with van der Waals surface area (Å²) in [6.45, 7) is 1.75. The molecule has 6 heteroatoms. The summed E-state index contributed by atoms with van der Waals surface area (Å²) < 4.78 is 40.4. The zero-order chi connectivity index (χ0) is 11.4. The molecule has 0 bridgehead atoms. The number of carbonyl (C=O) groups is 1. The minimum absolute atomic E-state index is 0.340. The average molecular weight is 213 g/mol. The lowest BCUT2D eigenvalue weighted by molar-refractivity contribution is -0.158. The predicted octanol–water partition coefficient (Wildman–Crippen LogP) is 1.43. The Labute approximate surface area is 80.8 Å². The van der Waals surface area contributed by atoms with Crippen LogP contribution in [0.25, 0.3) is 0 Å². The molecule has 0 aromatic heterocycles. The van der Waals surface area contributed by atoms with Crippen LogP contribution in [0.15, 0.2) is 0 Å². The van der Waals surface area contributed by atoms with Crippen molar-refractivity contribution in [1.82, 2.24) is 4.90 Å². The predicted molar refractivity (Wildman–Crippen MR) is 44.8 cm³/mol. The first-order valence-electron chi connectivity index (χ1n) is 4.14. The van der Waals surface area contributed by atoms with E-state index < -0.39 is 18.7 Å². The van der Waals surface area contributed by atoms with E-state index in [0.717, 1.165) is 12.0 Å². The first kappa shape index (κ1) is 13.2. The van der Waals surface area contributed by atoms with Gasteiger partial charge in [0, 0.05) is 6.04 Å². The van der Waals surface area contributed by atoms with Crippen molar-refractivity contribution in [2.45, 2.75) is 26.1 Å². The molecule has 0 atom stereocenters. The van der Waals surface area contributed by atoms with Gasteiger partial charge in [-0.25, -0.2) is 0 Å². The Kier molecular flexibility index (Phi) is 4.90. The molecule has 0 aromatic rings. The number of carbonyl (C=O) groups excluding carboxylic acids is 1. The summed E-state index contributed by atoms with van der Waals surface area (Å²) in [7, 11) is 1.15. The zero-order valence-electron chi connectivity index (χ0n) is 8.39. The normalized spacial score (nSPS) is 12.3. The third-order valence-corrected chi connectivity index (χ3v) is 1.67. The van der Waals surface area contributed by atoms with Gasteiger partial charge in [-0.15, -0.1) is 0 Å². The summed E-state index contributed by atoms with van der Waals surface area (Å²) >= 11 is 0. The van der Waals surface area contributed by atoms with Crippen molar-refractivity contribution < 1.29 is 22.7 Å². The number of methoxy groups -OCH3 is 1. The highest BCUT2D eigenvalue weighted by Crippen LogP contribution is 2.17. The lowest BCUT2D eigenvalue weighted by atomic mass is 10.3. The molecule has 0 rings (SSSR count). The quantitative estimate of drug-likeness (QED) is 0.662. The van der Waals surface area contributed by atoms with E-state index in [1.807, 2.05) is 0 Å². The van der Waals surface area contributed by atoms with Gasteiger partial charge in [0.15, 0.2) is 0 Å². The Morgan fingerprint density at radius 3 is 2.21 bits per heavy atom. The first-order chi connectivity index (χ1) is 6.26. The fraction of sp³-hybridized carbons (Fsp3) is 0.875. The van der Waals surface area contributed by atoms with Gasteiger partial charge in [-0.1, -0.05) is 0 Å². The average Bonchev–Trinajstić information content (AvgIpc) is 2.00. The Morgan fingerprint density at radius 1 is 1.43 bits per heavy atom. The second kappa shape index (κ2) is 5.19. The van der Waals surface area contributed by atoms with Gasteiger partial charge in [0.1, 0.15) is 0 Å². The molecule has 0 radical (unpaired) electrons. The molecule has 84 valence electrons. The van der Waals surface area contributed by atoms with Crippen molar-refractivity contribution in [3.8, 4) is 0 Å². The van der Waals surface area contributed by atoms with Crippen LogP contribution in [0.4, 0.5) is 13.2 Å². The number of ether oxygens (including phenoxy) is 1. The van der Waals surface area contributed by atoms with E-state index in [1.165, 1.54) is 0 Å². The number of hydrogen-bond acceptors (Lipinski definition) is 3. The zero-order valence-corrected chi connectivity index (χ0v) is 8.39. The van der Waals surface area contributed by atoms with Gasteiger partial charge in [0.25, 0.3) is 0 Å². The van der Waals surface area contributed by atoms with Crippen LogP contribution in [0, 0.1) is 0 Å². The number of nitrogens with zero attached hydrogens (tertiary/aromatic N) is 1. The third kappa shape index (κ3) is 5.80. The SMILES string of the molecule is COC(=O)CN(CC(F)(F)F)C(C)C. The molecule has 0 aliphatic carbocycles. The van der Waals surface area contributed by atoms with E-state index >= 15 is 0 Å². The maximum absolute atomic E-state index is 12.0. The molecule has 0 unspecified atom stereocenters. The first-order valence-corrected chi connectivity index (χ1v) is 4.14. The Hall–Kier alpha value is -0.780. The molecule has 0 aromatic carbocycles. The van der Waals surface area contributed by atoms with E-state index in [1.54, 1.807) is 13.8 Å². The monoisotopic (exact) mass is 213 g/mol. The Balaban J connectivity index is 4.24. The second-order valence-electron chi connectivity index (χ2n) is 3.19. The van der Waals surface area contributed by atoms with E-state index in [9.17, 15) is 18.0 Å². The highest BCUT2D eigenvalue weighted by molar-refractivity contribution is 5.71. The van der Waals surface area contributed by atoms with Crippen molar-refractivity contribution in [3.05, 3.63) is 0 Å². The van der Waals surface area contributed by atoms with Crippen molar-refractivity contribution in [1.29, 1.82) is 0 Å². The Bertz CT molecular complexity index is 192. The molecule has 0 fully saturated rings. The van der Waals surface area contributed by atoms with Gasteiger partial charge in [-0.05, 0) is 13.8 Å². The molecule has 0 N–H and O–H groups in total. The van der Waals surface area contributed by atoms with Crippen LogP contribution < -0.4 is 0 Å². The van der Waals surface area contributed by atoms with E-state index in [-0.39, 0.29) is 12.6 Å². The molecule has 0 saturated heterocycles. The number of esters is 1. The summed E-state index contributed by atoms with van der Waals surface area (Å²) in [6, 6.07) is -0.351. The maximum atomic E-state index is 12.0. The molecular weight excluding hydrogens is 199 g/mol. The molecule has 0 amide bonds. The number of rotatable bonds is 4. The van der Waals surface area contributed by atoms with Crippen molar-refractivity contribution in [2.24, 2.45) is 0 Å². The van der Waals surface area contributed by atoms with Crippen LogP contribution in [0.5, 0.6) is 0 Å². The molecular formula is C8H14F3NO2. The van der Waals surface area contributed by atoms with Gasteiger partial charge in [0.05, 0.1) is 20.2 Å². The molecule has 0 saturated carbocycles. The van der Waals surface area contributed by atoms with Gasteiger partial charge in [-0.2, -0.15) is 13.2 Å². The number of halogens is 3. The van der Waals surface area contributed by atoms with Gasteiger partial charge < -0.3 is 4.74 Å². The molecule has 14 heavy (non-hydrogen) atoms. The fourth-order valence-electron chi connectivity index (χ4n) is 0.882. The molecule has 0 spiro atoms. The molecule has 3 nitrogen and oxygen atoms in total. The van der Waals surface area contributed by atoms with Crippen LogP contribution in [-0.4, -0.2) is 43.3 Å². The van der Waals surface area contributed by atoms with Crippen LogP contribution in [0.1, 0.15) is 13.8 Å². The molecule has 0 aliphatic heterocycles. The van der Waals surface area contributed by atoms with Crippen LogP contribution in [0.2, 0.25) is 0 Å². The van der Waals surface area contributed by atoms with Crippen LogP contribution >= 0.6 is 0 Å². The second-order valence-corrected chi connectivity index (χ2v) is 3.19. The lowest BCUT2D eigenvalue weighted by Crippen LogP contribution is -2.42. The largest absolute Gasteiger partial charge is 0.468 e. The summed E-state index contributed by atoms with van der Waals surface area (Å²) in [5, 5.41) is 0. The number of hydrogen-bond donors (Lipinski definition) is 0. The fourth-order valence-corrected chi connectivity index (χ4v) is 0.882. The third-order valence-electron chi connectivity index (χ3n) is 1.67. The standard InChI is InChI=1S/C8H14F3NO2/c1-6(2)12(4-7(13)14-3)5-8(9,10)11/h6H,4-5H2,1-3H3. The minimum Gasteiger partial charge on any atom is -0.468 e. The van der Waals surface area contributed by atoms with Crippen molar-refractivity contribution in [3.63, 3.8) is 0 Å². The summed E-state index contributed by atoms with van der Waals surface area (Å²) in [5.74, 6) is -0.664. The van der Waals surface area contributed by atoms with E-state index in [2.05, 4.69) is 4.74 Å². The molecule has 0 aliphatic rings. The summed E-state index contributed by atoms with van der Waals surface area (Å²) in [4.78, 5) is 11.8. The lowest BCUT2D eigenvalue weighted by Gasteiger charge is -2.25. The minimum atomic E-state index is -4.29. The smallest absolute Gasteiger partial charge is 0.401 e. The number of alkyl halides is 3. The highest BCUT2D eigenvalue weighted by atomic mass is 19.4. The summed E-state index contributed by atoms with van der Waals surface area (Å²) in [6.07, 6.45) is -4.29. The van der Waals surface area contributed by atoms with E-state index in [4.69, 9.17) is 0 Å².